The maximum absolute atomic E-state index is 5.79. The first kappa shape index (κ1) is 13.2. The van der Waals surface area contributed by atoms with Crippen LogP contribution in [0, 0.1) is 0 Å². The summed E-state index contributed by atoms with van der Waals surface area (Å²) >= 11 is 0. The largest absolute Gasteiger partial charge is 0.497 e. The Morgan fingerprint density at radius 3 is 2.47 bits per heavy atom. The fraction of sp³-hybridized carbons (Fsp3) is 0.267. The maximum Gasteiger partial charge on any atom is 0.125 e. The molecule has 100 valence electrons. The summed E-state index contributed by atoms with van der Waals surface area (Å²) in [4.78, 5) is 4.20. The van der Waals surface area contributed by atoms with Gasteiger partial charge in [-0.2, -0.15) is 0 Å². The van der Waals surface area contributed by atoms with Crippen LogP contribution in [0.5, 0.6) is 11.5 Å². The summed E-state index contributed by atoms with van der Waals surface area (Å²) < 4.78 is 10.9. The van der Waals surface area contributed by atoms with Crippen molar-refractivity contribution in [2.75, 3.05) is 19.0 Å². The Kier molecular flexibility index (Phi) is 4.61. The van der Waals surface area contributed by atoms with Gasteiger partial charge in [0.05, 0.1) is 13.7 Å². The van der Waals surface area contributed by atoms with E-state index in [4.69, 9.17) is 9.47 Å². The van der Waals surface area contributed by atoms with Crippen LogP contribution in [0.3, 0.4) is 0 Å². The zero-order valence-corrected chi connectivity index (χ0v) is 11.2. The Morgan fingerprint density at radius 2 is 1.84 bits per heavy atom. The van der Waals surface area contributed by atoms with Crippen LogP contribution in [-0.2, 0) is 0 Å². The third-order valence-electron chi connectivity index (χ3n) is 2.63. The van der Waals surface area contributed by atoms with E-state index < -0.39 is 0 Å². The van der Waals surface area contributed by atoms with E-state index in [9.17, 15) is 0 Å². The lowest BCUT2D eigenvalue weighted by Crippen LogP contribution is -2.22. The second-order valence-corrected chi connectivity index (χ2v) is 4.20. The van der Waals surface area contributed by atoms with Gasteiger partial charge in [0.2, 0.25) is 0 Å². The Bertz CT molecular complexity index is 485. The van der Waals surface area contributed by atoms with Crippen LogP contribution in [-0.4, -0.2) is 24.7 Å². The molecule has 19 heavy (non-hydrogen) atoms. The van der Waals surface area contributed by atoms with Crippen LogP contribution >= 0.6 is 0 Å². The van der Waals surface area contributed by atoms with Gasteiger partial charge in [-0.1, -0.05) is 6.07 Å². The number of nitrogens with one attached hydrogen (secondary N) is 1. The molecule has 2 rings (SSSR count). The number of rotatable bonds is 6. The van der Waals surface area contributed by atoms with Crippen LogP contribution in [0.4, 0.5) is 5.82 Å². The van der Waals surface area contributed by atoms with Gasteiger partial charge in [-0.15, -0.1) is 0 Å². The van der Waals surface area contributed by atoms with Gasteiger partial charge in [0.15, 0.2) is 0 Å². The van der Waals surface area contributed by atoms with Crippen LogP contribution < -0.4 is 14.8 Å². The lowest BCUT2D eigenvalue weighted by molar-refractivity contribution is 0.234. The second kappa shape index (κ2) is 6.64. The van der Waals surface area contributed by atoms with Crippen molar-refractivity contribution in [2.45, 2.75) is 13.0 Å². The fourth-order valence-corrected chi connectivity index (χ4v) is 1.64. The average molecular weight is 258 g/mol. The zero-order valence-electron chi connectivity index (χ0n) is 11.2. The third kappa shape index (κ3) is 4.17. The minimum absolute atomic E-state index is 0.0513. The number of anilines is 1. The number of pyridine rings is 1. The molecule has 4 nitrogen and oxygen atoms in total. The van der Waals surface area contributed by atoms with Crippen molar-refractivity contribution in [3.8, 4) is 11.5 Å². The highest BCUT2D eigenvalue weighted by Gasteiger charge is 2.04. The Morgan fingerprint density at radius 1 is 1.11 bits per heavy atom. The van der Waals surface area contributed by atoms with E-state index in [1.54, 1.807) is 13.3 Å². The topological polar surface area (TPSA) is 43.4 Å². The lowest BCUT2D eigenvalue weighted by Gasteiger charge is -2.16. The summed E-state index contributed by atoms with van der Waals surface area (Å²) in [6.45, 7) is 2.71. The van der Waals surface area contributed by atoms with Crippen LogP contribution in [0.1, 0.15) is 6.92 Å². The van der Waals surface area contributed by atoms with E-state index in [0.717, 1.165) is 17.3 Å². The zero-order chi connectivity index (χ0) is 13.5. The molecule has 0 aliphatic carbocycles. The molecule has 1 heterocycles. The standard InChI is InChI=1S/C15H18N2O2/c1-12(11-17-15-5-3-4-10-16-15)19-14-8-6-13(18-2)7-9-14/h3-10,12H,11H2,1-2H3,(H,16,17). The lowest BCUT2D eigenvalue weighted by atomic mass is 10.3. The quantitative estimate of drug-likeness (QED) is 0.865. The molecule has 0 bridgehead atoms. The number of benzene rings is 1. The smallest absolute Gasteiger partial charge is 0.125 e. The van der Waals surface area contributed by atoms with Gasteiger partial charge in [-0.05, 0) is 43.3 Å². The normalized spacial score (nSPS) is 11.7. The number of nitrogens with zero attached hydrogens (tertiary/aromatic N) is 1. The predicted molar refractivity (Wildman–Crippen MR) is 75.8 cm³/mol. The second-order valence-electron chi connectivity index (χ2n) is 4.20. The molecule has 1 N–H and O–H groups in total. The molecule has 0 saturated heterocycles. The summed E-state index contributed by atoms with van der Waals surface area (Å²) in [5, 5.41) is 3.23. The van der Waals surface area contributed by atoms with Crippen LogP contribution in [0.25, 0.3) is 0 Å². The molecule has 0 aliphatic heterocycles. The van der Waals surface area contributed by atoms with Gasteiger partial charge in [-0.25, -0.2) is 4.98 Å². The minimum Gasteiger partial charge on any atom is -0.497 e. The van der Waals surface area contributed by atoms with E-state index in [2.05, 4.69) is 10.3 Å². The summed E-state index contributed by atoms with van der Waals surface area (Å²) in [6, 6.07) is 13.3. The van der Waals surface area contributed by atoms with Crippen LogP contribution in [0.2, 0.25) is 0 Å². The molecule has 1 unspecified atom stereocenters. The molecule has 1 aromatic heterocycles. The van der Waals surface area contributed by atoms with Crippen molar-refractivity contribution in [3.05, 3.63) is 48.7 Å². The first-order valence-corrected chi connectivity index (χ1v) is 6.23. The van der Waals surface area contributed by atoms with E-state index in [0.29, 0.717) is 6.54 Å². The van der Waals surface area contributed by atoms with Gasteiger partial charge in [0.25, 0.3) is 0 Å². The first-order chi connectivity index (χ1) is 9.28. The van der Waals surface area contributed by atoms with Gasteiger partial charge < -0.3 is 14.8 Å². The Labute approximate surface area is 113 Å². The molecule has 1 aromatic carbocycles. The van der Waals surface area contributed by atoms with Gasteiger partial charge in [0, 0.05) is 6.20 Å². The minimum atomic E-state index is 0.0513. The molecule has 1 atom stereocenters. The molecule has 0 amide bonds. The number of aromatic nitrogens is 1. The molecule has 4 heteroatoms. The van der Waals surface area contributed by atoms with Crippen molar-refractivity contribution in [1.82, 2.24) is 4.98 Å². The molecule has 0 spiro atoms. The van der Waals surface area contributed by atoms with Crippen molar-refractivity contribution in [3.63, 3.8) is 0 Å². The number of ether oxygens (including phenoxy) is 2. The SMILES string of the molecule is COc1ccc(OC(C)CNc2ccccn2)cc1. The molecule has 0 saturated carbocycles. The van der Waals surface area contributed by atoms with Gasteiger partial charge >= 0.3 is 0 Å². The highest BCUT2D eigenvalue weighted by Crippen LogP contribution is 2.18. The Balaban J connectivity index is 1.82. The molecule has 0 radical (unpaired) electrons. The third-order valence-corrected chi connectivity index (χ3v) is 2.63. The first-order valence-electron chi connectivity index (χ1n) is 6.23. The van der Waals surface area contributed by atoms with Crippen LogP contribution in [0.15, 0.2) is 48.7 Å². The predicted octanol–water partition coefficient (Wildman–Crippen LogP) is 2.97. The maximum atomic E-state index is 5.79. The van der Waals surface area contributed by atoms with Gasteiger partial charge in [-0.3, -0.25) is 0 Å². The number of hydrogen-bond acceptors (Lipinski definition) is 4. The summed E-state index contributed by atoms with van der Waals surface area (Å²) in [6.07, 6.45) is 1.81. The van der Waals surface area contributed by atoms with Crippen molar-refractivity contribution in [1.29, 1.82) is 0 Å². The van der Waals surface area contributed by atoms with Crippen molar-refractivity contribution >= 4 is 5.82 Å². The number of hydrogen-bond donors (Lipinski definition) is 1. The van der Waals surface area contributed by atoms with E-state index in [1.807, 2.05) is 49.4 Å². The number of methoxy groups -OCH3 is 1. The van der Waals surface area contributed by atoms with E-state index in [1.165, 1.54) is 0 Å². The average Bonchev–Trinajstić information content (AvgIpc) is 2.47. The fourth-order valence-electron chi connectivity index (χ4n) is 1.64. The van der Waals surface area contributed by atoms with E-state index in [-0.39, 0.29) is 6.10 Å². The highest BCUT2D eigenvalue weighted by molar-refractivity contribution is 5.34. The summed E-state index contributed by atoms with van der Waals surface area (Å²) in [5.74, 6) is 2.51. The molecular formula is C15H18N2O2. The molecule has 2 aromatic rings. The van der Waals surface area contributed by atoms with Gasteiger partial charge in [0.1, 0.15) is 23.4 Å². The van der Waals surface area contributed by atoms with Crippen molar-refractivity contribution < 1.29 is 9.47 Å². The summed E-state index contributed by atoms with van der Waals surface area (Å²) in [7, 11) is 1.65. The molecule has 0 fully saturated rings. The highest BCUT2D eigenvalue weighted by atomic mass is 16.5. The monoisotopic (exact) mass is 258 g/mol. The Hall–Kier alpha value is -2.23. The van der Waals surface area contributed by atoms with E-state index >= 15 is 0 Å². The summed E-state index contributed by atoms with van der Waals surface area (Å²) in [5.41, 5.74) is 0. The molecular weight excluding hydrogens is 240 g/mol. The van der Waals surface area contributed by atoms with Crippen molar-refractivity contribution in [2.24, 2.45) is 0 Å². The molecule has 0 aliphatic rings.